The predicted octanol–water partition coefficient (Wildman–Crippen LogP) is 6.35. The average Bonchev–Trinajstić information content (AvgIpc) is 2.82. The number of carbonyl (C=O) groups excluding carboxylic acids is 1. The lowest BCUT2D eigenvalue weighted by atomic mass is 9.98. The third-order valence-corrected chi connectivity index (χ3v) is 5.58. The van der Waals surface area contributed by atoms with E-state index in [4.69, 9.17) is 0 Å². The zero-order valence-electron chi connectivity index (χ0n) is 18.5. The Kier molecular flexibility index (Phi) is 8.04. The van der Waals surface area contributed by atoms with E-state index in [2.05, 4.69) is 72.8 Å². The van der Waals surface area contributed by atoms with E-state index in [9.17, 15) is 4.79 Å². The molecule has 0 aromatic heterocycles. The van der Waals surface area contributed by atoms with Gasteiger partial charge in [0.25, 0.3) is 5.91 Å². The lowest BCUT2D eigenvalue weighted by Crippen LogP contribution is -2.31. The molecule has 0 radical (unpaired) electrons. The highest BCUT2D eigenvalue weighted by Gasteiger charge is 2.17. The molecular formula is C28H29ClN2O. The van der Waals surface area contributed by atoms with Gasteiger partial charge in [-0.15, -0.1) is 12.4 Å². The van der Waals surface area contributed by atoms with Crippen LogP contribution in [0.4, 0.5) is 0 Å². The second-order valence-corrected chi connectivity index (χ2v) is 8.17. The topological polar surface area (TPSA) is 32.3 Å². The summed E-state index contributed by atoms with van der Waals surface area (Å²) in [5.41, 5.74) is 3.96. The molecule has 0 saturated carbocycles. The van der Waals surface area contributed by atoms with Gasteiger partial charge in [0.05, 0.1) is 6.04 Å². The zero-order valence-corrected chi connectivity index (χ0v) is 19.3. The van der Waals surface area contributed by atoms with Crippen molar-refractivity contribution < 1.29 is 4.79 Å². The molecule has 1 atom stereocenters. The number of halogens is 1. The molecule has 0 fully saturated rings. The first-order valence-electron chi connectivity index (χ1n) is 10.7. The molecule has 32 heavy (non-hydrogen) atoms. The van der Waals surface area contributed by atoms with Crippen LogP contribution in [0.15, 0.2) is 97.1 Å². The quantitative estimate of drug-likeness (QED) is 0.360. The Morgan fingerprint density at radius 3 is 2.22 bits per heavy atom. The average molecular weight is 445 g/mol. The fourth-order valence-electron chi connectivity index (χ4n) is 3.85. The fourth-order valence-corrected chi connectivity index (χ4v) is 3.85. The highest BCUT2D eigenvalue weighted by molar-refractivity contribution is 5.96. The molecule has 4 aromatic rings. The van der Waals surface area contributed by atoms with Crippen LogP contribution < -0.4 is 5.32 Å². The van der Waals surface area contributed by atoms with Crippen LogP contribution in [-0.4, -0.2) is 31.4 Å². The SMILES string of the molecule is CN(C)CCC(NC(=O)c1cccc(-c2ccccc2)c1)c1ccc2ccccc2c1.Cl. The summed E-state index contributed by atoms with van der Waals surface area (Å²) in [4.78, 5) is 15.3. The second-order valence-electron chi connectivity index (χ2n) is 8.17. The number of amides is 1. The van der Waals surface area contributed by atoms with E-state index in [1.165, 1.54) is 10.8 Å². The number of rotatable bonds is 7. The van der Waals surface area contributed by atoms with Crippen LogP contribution in [0.2, 0.25) is 0 Å². The molecule has 0 aliphatic rings. The van der Waals surface area contributed by atoms with Gasteiger partial charge < -0.3 is 10.2 Å². The van der Waals surface area contributed by atoms with Gasteiger partial charge >= 0.3 is 0 Å². The van der Waals surface area contributed by atoms with Crippen molar-refractivity contribution in [1.82, 2.24) is 10.2 Å². The minimum absolute atomic E-state index is 0. The maximum absolute atomic E-state index is 13.2. The number of nitrogens with one attached hydrogen (secondary N) is 1. The summed E-state index contributed by atoms with van der Waals surface area (Å²) in [5, 5.41) is 5.68. The molecule has 1 N–H and O–H groups in total. The van der Waals surface area contributed by atoms with Gasteiger partial charge in [-0.05, 0) is 72.7 Å². The molecule has 4 aromatic carbocycles. The molecule has 0 aliphatic carbocycles. The van der Waals surface area contributed by atoms with E-state index in [-0.39, 0.29) is 24.4 Å². The highest BCUT2D eigenvalue weighted by Crippen LogP contribution is 2.24. The van der Waals surface area contributed by atoms with Gasteiger partial charge in [-0.3, -0.25) is 4.79 Å². The summed E-state index contributed by atoms with van der Waals surface area (Å²) in [7, 11) is 4.12. The second kappa shape index (κ2) is 10.9. The van der Waals surface area contributed by atoms with Gasteiger partial charge in [-0.1, -0.05) is 78.9 Å². The molecule has 0 aliphatic heterocycles. The van der Waals surface area contributed by atoms with E-state index < -0.39 is 0 Å². The van der Waals surface area contributed by atoms with Crippen molar-refractivity contribution in [1.29, 1.82) is 0 Å². The predicted molar refractivity (Wildman–Crippen MR) is 136 cm³/mol. The van der Waals surface area contributed by atoms with Crippen molar-refractivity contribution in [2.24, 2.45) is 0 Å². The van der Waals surface area contributed by atoms with Crippen LogP contribution in [0.1, 0.15) is 28.4 Å². The van der Waals surface area contributed by atoms with Gasteiger partial charge in [0.2, 0.25) is 0 Å². The molecule has 1 amide bonds. The lowest BCUT2D eigenvalue weighted by molar-refractivity contribution is 0.0933. The van der Waals surface area contributed by atoms with Crippen LogP contribution in [-0.2, 0) is 0 Å². The Morgan fingerprint density at radius 2 is 1.47 bits per heavy atom. The van der Waals surface area contributed by atoms with Crippen molar-refractivity contribution in [3.05, 3.63) is 108 Å². The molecule has 4 heteroatoms. The van der Waals surface area contributed by atoms with E-state index in [1.54, 1.807) is 0 Å². The van der Waals surface area contributed by atoms with Crippen LogP contribution in [0.25, 0.3) is 21.9 Å². The Balaban J connectivity index is 0.00000289. The van der Waals surface area contributed by atoms with E-state index >= 15 is 0 Å². The normalized spacial score (nSPS) is 11.7. The Hall–Kier alpha value is -3.14. The van der Waals surface area contributed by atoms with E-state index in [1.807, 2.05) is 48.5 Å². The number of benzene rings is 4. The number of carbonyl (C=O) groups is 1. The van der Waals surface area contributed by atoms with Crippen molar-refractivity contribution >= 4 is 29.1 Å². The standard InChI is InChI=1S/C28H28N2O.ClH/c1-30(2)18-17-27(25-16-15-22-11-6-7-12-23(22)19-25)29-28(31)26-14-8-13-24(20-26)21-9-4-3-5-10-21;/h3-16,19-20,27H,17-18H2,1-2H3,(H,29,31);1H. The summed E-state index contributed by atoms with van der Waals surface area (Å²) in [6, 6.07) is 32.7. The van der Waals surface area contributed by atoms with Crippen molar-refractivity contribution in [3.8, 4) is 11.1 Å². The Morgan fingerprint density at radius 1 is 0.781 bits per heavy atom. The van der Waals surface area contributed by atoms with Crippen LogP contribution in [0.5, 0.6) is 0 Å². The minimum Gasteiger partial charge on any atom is -0.345 e. The minimum atomic E-state index is -0.0557. The number of nitrogens with zero attached hydrogens (tertiary/aromatic N) is 1. The molecule has 0 heterocycles. The summed E-state index contributed by atoms with van der Waals surface area (Å²) in [5.74, 6) is -0.0466. The lowest BCUT2D eigenvalue weighted by Gasteiger charge is -2.22. The molecular weight excluding hydrogens is 416 g/mol. The largest absolute Gasteiger partial charge is 0.345 e. The summed E-state index contributed by atoms with van der Waals surface area (Å²) in [6.07, 6.45) is 0.843. The van der Waals surface area contributed by atoms with Gasteiger partial charge in [0, 0.05) is 5.56 Å². The van der Waals surface area contributed by atoms with Gasteiger partial charge in [0.1, 0.15) is 0 Å². The van der Waals surface area contributed by atoms with Gasteiger partial charge in [-0.2, -0.15) is 0 Å². The first-order chi connectivity index (χ1) is 15.1. The van der Waals surface area contributed by atoms with Crippen LogP contribution in [0.3, 0.4) is 0 Å². The maximum atomic E-state index is 13.2. The Bertz CT molecular complexity index is 1170. The molecule has 0 saturated heterocycles. The fraction of sp³-hybridized carbons (Fsp3) is 0.179. The Labute approximate surface area is 196 Å². The molecule has 3 nitrogen and oxygen atoms in total. The zero-order chi connectivity index (χ0) is 21.6. The first kappa shape index (κ1) is 23.5. The molecule has 4 rings (SSSR count). The third-order valence-electron chi connectivity index (χ3n) is 5.58. The third kappa shape index (κ3) is 5.76. The summed E-state index contributed by atoms with van der Waals surface area (Å²) >= 11 is 0. The van der Waals surface area contributed by atoms with Crippen LogP contribution in [0, 0.1) is 0 Å². The van der Waals surface area contributed by atoms with Crippen molar-refractivity contribution in [3.63, 3.8) is 0 Å². The molecule has 0 bridgehead atoms. The van der Waals surface area contributed by atoms with Crippen molar-refractivity contribution in [2.75, 3.05) is 20.6 Å². The number of fused-ring (bicyclic) bond motifs is 1. The molecule has 0 spiro atoms. The first-order valence-corrected chi connectivity index (χ1v) is 10.7. The van der Waals surface area contributed by atoms with E-state index in [0.717, 1.165) is 29.7 Å². The maximum Gasteiger partial charge on any atom is 0.251 e. The monoisotopic (exact) mass is 444 g/mol. The number of hydrogen-bond acceptors (Lipinski definition) is 2. The molecule has 1 unspecified atom stereocenters. The molecule has 164 valence electrons. The van der Waals surface area contributed by atoms with Crippen molar-refractivity contribution in [2.45, 2.75) is 12.5 Å². The van der Waals surface area contributed by atoms with Gasteiger partial charge in [0.15, 0.2) is 0 Å². The van der Waals surface area contributed by atoms with Gasteiger partial charge in [-0.25, -0.2) is 0 Å². The number of hydrogen-bond donors (Lipinski definition) is 1. The summed E-state index contributed by atoms with van der Waals surface area (Å²) < 4.78 is 0. The van der Waals surface area contributed by atoms with E-state index in [0.29, 0.717) is 5.56 Å². The highest BCUT2D eigenvalue weighted by atomic mass is 35.5. The van der Waals surface area contributed by atoms with Crippen LogP contribution >= 0.6 is 12.4 Å². The smallest absolute Gasteiger partial charge is 0.251 e. The summed E-state index contributed by atoms with van der Waals surface area (Å²) in [6.45, 7) is 0.891.